The fourth-order valence-corrected chi connectivity index (χ4v) is 0.282. The zero-order valence-electron chi connectivity index (χ0n) is 9.02. The Kier molecular flexibility index (Phi) is 1.37. The number of ether oxygens (including phenoxy) is 1. The summed E-state index contributed by atoms with van der Waals surface area (Å²) in [7, 11) is -2.62. The molecule has 0 N–H and O–H groups in total. The van der Waals surface area contributed by atoms with Crippen molar-refractivity contribution in [3.05, 3.63) is 0 Å². The molecule has 0 saturated heterocycles. The highest BCUT2D eigenvalue weighted by atomic mass is 16.5. The highest BCUT2D eigenvalue weighted by Crippen LogP contribution is 2.20. The van der Waals surface area contributed by atoms with Gasteiger partial charge in [-0.25, -0.2) is 0 Å². The molecule has 0 bridgehead atoms. The van der Waals surface area contributed by atoms with Crippen LogP contribution in [0.5, 0.6) is 0 Å². The molecular formula is C7H14O2. The highest BCUT2D eigenvalue weighted by Gasteiger charge is 2.25. The molecule has 0 aliphatic carbocycles. The molecule has 0 aromatic heterocycles. The molecule has 0 amide bonds. The lowest BCUT2D eigenvalue weighted by molar-refractivity contribution is -0.150. The van der Waals surface area contributed by atoms with Crippen molar-refractivity contribution in [3.8, 4) is 0 Å². The van der Waals surface area contributed by atoms with Crippen LogP contribution in [-0.2, 0) is 9.53 Å². The third-order valence-electron chi connectivity index (χ3n) is 1.53. The van der Waals surface area contributed by atoms with Crippen molar-refractivity contribution < 1.29 is 13.6 Å². The minimum absolute atomic E-state index is 0.557. The SMILES string of the molecule is [2H]C([2H])([2H])OC(=O)C(C)(C)CC. The summed E-state index contributed by atoms with van der Waals surface area (Å²) in [5.74, 6) is -0.676. The maximum Gasteiger partial charge on any atom is 0.311 e. The van der Waals surface area contributed by atoms with E-state index in [2.05, 4.69) is 4.74 Å². The van der Waals surface area contributed by atoms with Crippen molar-refractivity contribution in [1.29, 1.82) is 0 Å². The minimum atomic E-state index is -2.62. The molecule has 0 unspecified atom stereocenters. The van der Waals surface area contributed by atoms with Crippen molar-refractivity contribution in [2.45, 2.75) is 27.2 Å². The monoisotopic (exact) mass is 133 g/mol. The summed E-state index contributed by atoms with van der Waals surface area (Å²) in [6.45, 7) is 5.11. The van der Waals surface area contributed by atoms with Crippen molar-refractivity contribution in [3.63, 3.8) is 0 Å². The van der Waals surface area contributed by atoms with Gasteiger partial charge in [-0.2, -0.15) is 0 Å². The second-order valence-electron chi connectivity index (χ2n) is 2.63. The standard InChI is InChI=1S/C7H14O2/c1-5-7(2,3)6(8)9-4/h5H2,1-4H3/i4D3. The van der Waals surface area contributed by atoms with Crippen molar-refractivity contribution in [2.75, 3.05) is 7.04 Å². The van der Waals surface area contributed by atoms with Gasteiger partial charge in [0.05, 0.1) is 16.6 Å². The molecule has 0 aromatic carbocycles. The van der Waals surface area contributed by atoms with Crippen LogP contribution >= 0.6 is 0 Å². The lowest BCUT2D eigenvalue weighted by atomic mass is 9.91. The average Bonchev–Trinajstić information content (AvgIpc) is 1.84. The molecule has 0 spiro atoms. The largest absolute Gasteiger partial charge is 0.469 e. The Bertz CT molecular complexity index is 172. The Labute approximate surface area is 60.4 Å². The Morgan fingerprint density at radius 3 is 2.67 bits per heavy atom. The second kappa shape index (κ2) is 2.85. The van der Waals surface area contributed by atoms with E-state index >= 15 is 0 Å². The van der Waals surface area contributed by atoms with Crippen LogP contribution in [0.4, 0.5) is 0 Å². The van der Waals surface area contributed by atoms with Gasteiger partial charge in [-0.15, -0.1) is 0 Å². The first-order chi connectivity index (χ1) is 5.19. The van der Waals surface area contributed by atoms with E-state index in [1.165, 1.54) is 0 Å². The third kappa shape index (κ3) is 2.04. The Morgan fingerprint density at radius 1 is 1.78 bits per heavy atom. The Morgan fingerprint density at radius 2 is 2.33 bits per heavy atom. The van der Waals surface area contributed by atoms with Crippen LogP contribution in [0.1, 0.15) is 31.3 Å². The van der Waals surface area contributed by atoms with Crippen molar-refractivity contribution >= 4 is 5.97 Å². The molecule has 54 valence electrons. The van der Waals surface area contributed by atoms with E-state index < -0.39 is 18.4 Å². The molecule has 0 rings (SSSR count). The average molecular weight is 133 g/mol. The molecule has 0 heterocycles. The van der Waals surface area contributed by atoms with Gasteiger partial charge in [0.15, 0.2) is 0 Å². The van der Waals surface area contributed by atoms with Crippen LogP contribution in [-0.4, -0.2) is 13.0 Å². The summed E-state index contributed by atoms with van der Waals surface area (Å²) in [6.07, 6.45) is 0.557. The zero-order valence-corrected chi connectivity index (χ0v) is 6.02. The molecule has 0 saturated carbocycles. The quantitative estimate of drug-likeness (QED) is 0.535. The molecular weight excluding hydrogens is 116 g/mol. The minimum Gasteiger partial charge on any atom is -0.469 e. The molecule has 0 aliphatic heterocycles. The maximum atomic E-state index is 11.1. The van der Waals surface area contributed by atoms with E-state index in [1.807, 2.05) is 0 Å². The van der Waals surface area contributed by atoms with Crippen LogP contribution in [0.3, 0.4) is 0 Å². The van der Waals surface area contributed by atoms with Gasteiger partial charge in [0.2, 0.25) is 0 Å². The van der Waals surface area contributed by atoms with Gasteiger partial charge in [0, 0.05) is 0 Å². The molecule has 0 fully saturated rings. The van der Waals surface area contributed by atoms with Crippen LogP contribution < -0.4 is 0 Å². The maximum absolute atomic E-state index is 11.1. The first-order valence-electron chi connectivity index (χ1n) is 4.42. The van der Waals surface area contributed by atoms with Gasteiger partial charge in [-0.1, -0.05) is 6.92 Å². The van der Waals surface area contributed by atoms with E-state index in [1.54, 1.807) is 20.8 Å². The van der Waals surface area contributed by atoms with Gasteiger partial charge in [-0.3, -0.25) is 4.79 Å². The van der Waals surface area contributed by atoms with Crippen LogP contribution in [0, 0.1) is 5.41 Å². The zero-order chi connectivity index (χ0) is 9.99. The number of hydrogen-bond donors (Lipinski definition) is 0. The first kappa shape index (κ1) is 4.31. The fraction of sp³-hybridized carbons (Fsp3) is 0.857. The topological polar surface area (TPSA) is 26.3 Å². The second-order valence-corrected chi connectivity index (χ2v) is 2.63. The van der Waals surface area contributed by atoms with Gasteiger partial charge in [0.25, 0.3) is 0 Å². The Balaban J connectivity index is 4.23. The van der Waals surface area contributed by atoms with Gasteiger partial charge in [0.1, 0.15) is 0 Å². The smallest absolute Gasteiger partial charge is 0.311 e. The van der Waals surface area contributed by atoms with E-state index in [0.717, 1.165) is 0 Å². The summed E-state index contributed by atoms with van der Waals surface area (Å²) in [5.41, 5.74) is -0.714. The number of esters is 1. The normalized spacial score (nSPS) is 17.4. The summed E-state index contributed by atoms with van der Waals surface area (Å²) in [6, 6.07) is 0. The first-order valence-corrected chi connectivity index (χ1v) is 2.92. The van der Waals surface area contributed by atoms with E-state index in [4.69, 9.17) is 4.11 Å². The van der Waals surface area contributed by atoms with E-state index in [-0.39, 0.29) is 0 Å². The molecule has 2 heteroatoms. The lowest BCUT2D eigenvalue weighted by Crippen LogP contribution is -2.24. The van der Waals surface area contributed by atoms with Crippen LogP contribution in [0.25, 0.3) is 0 Å². The molecule has 9 heavy (non-hydrogen) atoms. The van der Waals surface area contributed by atoms with Crippen LogP contribution in [0.15, 0.2) is 0 Å². The molecule has 0 radical (unpaired) electrons. The molecule has 0 aromatic rings. The molecule has 2 nitrogen and oxygen atoms in total. The van der Waals surface area contributed by atoms with Gasteiger partial charge >= 0.3 is 5.97 Å². The van der Waals surface area contributed by atoms with E-state index in [9.17, 15) is 4.79 Å². The highest BCUT2D eigenvalue weighted by molar-refractivity contribution is 5.75. The van der Waals surface area contributed by atoms with Gasteiger partial charge < -0.3 is 4.74 Å². The number of methoxy groups -OCH3 is 1. The fourth-order valence-electron chi connectivity index (χ4n) is 0.282. The lowest BCUT2D eigenvalue weighted by Gasteiger charge is -2.17. The van der Waals surface area contributed by atoms with Crippen LogP contribution in [0.2, 0.25) is 0 Å². The number of carbonyl (C=O) groups is 1. The van der Waals surface area contributed by atoms with Crippen molar-refractivity contribution in [1.82, 2.24) is 0 Å². The van der Waals surface area contributed by atoms with Crippen molar-refractivity contribution in [2.24, 2.45) is 5.41 Å². The summed E-state index contributed by atoms with van der Waals surface area (Å²) >= 11 is 0. The predicted molar refractivity (Wildman–Crippen MR) is 36.1 cm³/mol. The summed E-state index contributed by atoms with van der Waals surface area (Å²) in [4.78, 5) is 11.1. The number of rotatable bonds is 2. The Hall–Kier alpha value is -0.530. The number of carbonyl (C=O) groups excluding carboxylic acids is 1. The third-order valence-corrected chi connectivity index (χ3v) is 1.53. The van der Waals surface area contributed by atoms with E-state index in [0.29, 0.717) is 6.42 Å². The predicted octanol–water partition coefficient (Wildman–Crippen LogP) is 1.60. The number of hydrogen-bond acceptors (Lipinski definition) is 2. The summed E-state index contributed by atoms with van der Waals surface area (Å²) in [5, 5.41) is 0. The molecule has 0 aliphatic rings. The molecule has 0 atom stereocenters. The van der Waals surface area contributed by atoms with Gasteiger partial charge in [-0.05, 0) is 20.3 Å². The summed E-state index contributed by atoms with van der Waals surface area (Å²) < 4.78 is 24.4.